The van der Waals surface area contributed by atoms with E-state index >= 15 is 0 Å². The fourth-order valence-electron chi connectivity index (χ4n) is 2.34. The van der Waals surface area contributed by atoms with Crippen LogP contribution < -0.4 is 5.73 Å². The fourth-order valence-corrected chi connectivity index (χ4v) is 2.34. The van der Waals surface area contributed by atoms with Gasteiger partial charge in [-0.05, 0) is 38.2 Å². The van der Waals surface area contributed by atoms with Crippen molar-refractivity contribution < 1.29 is 18.0 Å². The fraction of sp³-hybridized carbons (Fsp3) is 0.500. The molecule has 0 unspecified atom stereocenters. The Morgan fingerprint density at radius 3 is 2.57 bits per heavy atom. The first kappa shape index (κ1) is 15.6. The molecule has 1 aliphatic heterocycles. The van der Waals surface area contributed by atoms with Crippen LogP contribution >= 0.6 is 0 Å². The second kappa shape index (κ2) is 5.93. The molecule has 1 heterocycles. The SMILES string of the molecule is CN1CCCN(C(=O)c2cc(C(F)(F)F)ccc2N)CC1. The standard InChI is InChI=1S/C14H18F3N3O/c1-19-5-2-6-20(8-7-19)13(21)11-9-10(14(15,16)17)3-4-12(11)18/h3-4,9H,2,5-8,18H2,1H3. The lowest BCUT2D eigenvalue weighted by molar-refractivity contribution is -0.137. The van der Waals surface area contributed by atoms with E-state index in [2.05, 4.69) is 4.90 Å². The largest absolute Gasteiger partial charge is 0.416 e. The van der Waals surface area contributed by atoms with Crippen molar-refractivity contribution in [2.45, 2.75) is 12.6 Å². The van der Waals surface area contributed by atoms with Crippen LogP contribution in [0.25, 0.3) is 0 Å². The Labute approximate surface area is 121 Å². The topological polar surface area (TPSA) is 49.6 Å². The Balaban J connectivity index is 2.26. The summed E-state index contributed by atoms with van der Waals surface area (Å²) in [5, 5.41) is 0. The maximum absolute atomic E-state index is 12.7. The van der Waals surface area contributed by atoms with Gasteiger partial charge in [-0.25, -0.2) is 0 Å². The predicted octanol–water partition coefficient (Wildman–Crippen LogP) is 2.07. The van der Waals surface area contributed by atoms with E-state index in [-0.39, 0.29) is 11.3 Å². The molecule has 1 aromatic rings. The third kappa shape index (κ3) is 3.66. The molecule has 1 amide bonds. The molecule has 0 radical (unpaired) electrons. The molecule has 0 aromatic heterocycles. The van der Waals surface area contributed by atoms with E-state index in [0.717, 1.165) is 31.2 Å². The highest BCUT2D eigenvalue weighted by Gasteiger charge is 2.32. The summed E-state index contributed by atoms with van der Waals surface area (Å²) in [7, 11) is 1.95. The maximum atomic E-state index is 12.7. The highest BCUT2D eigenvalue weighted by Crippen LogP contribution is 2.31. The lowest BCUT2D eigenvalue weighted by atomic mass is 10.1. The monoisotopic (exact) mass is 301 g/mol. The van der Waals surface area contributed by atoms with Crippen LogP contribution in [0.2, 0.25) is 0 Å². The number of carbonyl (C=O) groups is 1. The first-order chi connectivity index (χ1) is 9.79. The van der Waals surface area contributed by atoms with Crippen molar-refractivity contribution in [1.29, 1.82) is 0 Å². The minimum absolute atomic E-state index is 0.0746. The number of halogens is 3. The number of alkyl halides is 3. The third-order valence-corrected chi connectivity index (χ3v) is 3.62. The highest BCUT2D eigenvalue weighted by molar-refractivity contribution is 5.99. The Morgan fingerprint density at radius 1 is 1.19 bits per heavy atom. The van der Waals surface area contributed by atoms with Gasteiger partial charge in [-0.3, -0.25) is 4.79 Å². The molecule has 0 saturated carbocycles. The van der Waals surface area contributed by atoms with Crippen LogP contribution in [0.5, 0.6) is 0 Å². The van der Waals surface area contributed by atoms with Crippen molar-refractivity contribution in [2.75, 3.05) is 39.0 Å². The molecule has 1 aromatic carbocycles. The zero-order valence-corrected chi connectivity index (χ0v) is 11.8. The van der Waals surface area contributed by atoms with E-state index in [1.165, 1.54) is 0 Å². The van der Waals surface area contributed by atoms with Gasteiger partial charge in [-0.15, -0.1) is 0 Å². The summed E-state index contributed by atoms with van der Waals surface area (Å²) in [6.45, 7) is 2.58. The normalized spacial score (nSPS) is 17.6. The van der Waals surface area contributed by atoms with Crippen LogP contribution in [0.1, 0.15) is 22.3 Å². The van der Waals surface area contributed by atoms with Crippen molar-refractivity contribution in [1.82, 2.24) is 9.80 Å². The van der Waals surface area contributed by atoms with Gasteiger partial charge in [0.25, 0.3) is 5.91 Å². The molecule has 1 saturated heterocycles. The Hall–Kier alpha value is -1.76. The summed E-state index contributed by atoms with van der Waals surface area (Å²) >= 11 is 0. The quantitative estimate of drug-likeness (QED) is 0.808. The summed E-state index contributed by atoms with van der Waals surface area (Å²) in [4.78, 5) is 16.1. The molecule has 21 heavy (non-hydrogen) atoms. The van der Waals surface area contributed by atoms with E-state index in [4.69, 9.17) is 5.73 Å². The molecule has 0 atom stereocenters. The van der Waals surface area contributed by atoms with Crippen molar-refractivity contribution in [3.8, 4) is 0 Å². The van der Waals surface area contributed by atoms with Crippen LogP contribution in [0.15, 0.2) is 18.2 Å². The molecule has 1 aliphatic rings. The first-order valence-corrected chi connectivity index (χ1v) is 6.73. The summed E-state index contributed by atoms with van der Waals surface area (Å²) < 4.78 is 38.2. The van der Waals surface area contributed by atoms with Crippen LogP contribution in [0.4, 0.5) is 18.9 Å². The number of hydrogen-bond acceptors (Lipinski definition) is 3. The van der Waals surface area contributed by atoms with Gasteiger partial charge >= 0.3 is 6.18 Å². The number of anilines is 1. The van der Waals surface area contributed by atoms with Gasteiger partial charge in [0.2, 0.25) is 0 Å². The molecule has 2 N–H and O–H groups in total. The maximum Gasteiger partial charge on any atom is 0.416 e. The van der Waals surface area contributed by atoms with Gasteiger partial charge in [0, 0.05) is 25.3 Å². The number of nitrogens with zero attached hydrogens (tertiary/aromatic N) is 2. The van der Waals surface area contributed by atoms with Crippen LogP contribution in [0.3, 0.4) is 0 Å². The van der Waals surface area contributed by atoms with E-state index in [0.29, 0.717) is 19.6 Å². The predicted molar refractivity (Wildman–Crippen MR) is 73.9 cm³/mol. The van der Waals surface area contributed by atoms with Gasteiger partial charge in [0.1, 0.15) is 0 Å². The van der Waals surface area contributed by atoms with Gasteiger partial charge in [0.15, 0.2) is 0 Å². The van der Waals surface area contributed by atoms with Crippen molar-refractivity contribution in [2.24, 2.45) is 0 Å². The number of benzene rings is 1. The number of nitrogen functional groups attached to an aromatic ring is 1. The summed E-state index contributed by atoms with van der Waals surface area (Å²) in [6.07, 6.45) is -3.69. The second-order valence-electron chi connectivity index (χ2n) is 5.25. The van der Waals surface area contributed by atoms with Gasteiger partial charge in [-0.2, -0.15) is 13.2 Å². The number of likely N-dealkylation sites (N-methyl/N-ethyl adjacent to an activating group) is 1. The number of hydrogen-bond donors (Lipinski definition) is 1. The third-order valence-electron chi connectivity index (χ3n) is 3.62. The number of nitrogens with two attached hydrogens (primary N) is 1. The van der Waals surface area contributed by atoms with Gasteiger partial charge in [-0.1, -0.05) is 0 Å². The number of amides is 1. The Morgan fingerprint density at radius 2 is 1.90 bits per heavy atom. The van der Waals surface area contributed by atoms with E-state index in [9.17, 15) is 18.0 Å². The molecular formula is C14H18F3N3O. The van der Waals surface area contributed by atoms with E-state index in [1.807, 2.05) is 7.05 Å². The summed E-state index contributed by atoms with van der Waals surface area (Å²) in [6, 6.07) is 2.87. The van der Waals surface area contributed by atoms with E-state index in [1.54, 1.807) is 4.90 Å². The Bertz CT molecular complexity index is 531. The first-order valence-electron chi connectivity index (χ1n) is 6.73. The average molecular weight is 301 g/mol. The minimum Gasteiger partial charge on any atom is -0.398 e. The highest BCUT2D eigenvalue weighted by atomic mass is 19.4. The molecule has 7 heteroatoms. The van der Waals surface area contributed by atoms with Crippen molar-refractivity contribution in [3.05, 3.63) is 29.3 Å². The van der Waals surface area contributed by atoms with Crippen LogP contribution in [-0.2, 0) is 6.18 Å². The molecule has 116 valence electrons. The van der Waals surface area contributed by atoms with Crippen LogP contribution in [0, 0.1) is 0 Å². The van der Waals surface area contributed by atoms with Gasteiger partial charge < -0.3 is 15.5 Å². The second-order valence-corrected chi connectivity index (χ2v) is 5.25. The lowest BCUT2D eigenvalue weighted by Crippen LogP contribution is -2.35. The smallest absolute Gasteiger partial charge is 0.398 e. The summed E-state index contributed by atoms with van der Waals surface area (Å²) in [5.74, 6) is -0.436. The molecule has 0 spiro atoms. The van der Waals surface area contributed by atoms with Gasteiger partial charge in [0.05, 0.1) is 11.1 Å². The molecule has 0 aliphatic carbocycles. The zero-order valence-electron chi connectivity index (χ0n) is 11.8. The molecule has 4 nitrogen and oxygen atoms in total. The molecule has 2 rings (SSSR count). The van der Waals surface area contributed by atoms with Crippen molar-refractivity contribution in [3.63, 3.8) is 0 Å². The minimum atomic E-state index is -4.48. The summed E-state index contributed by atoms with van der Waals surface area (Å²) in [5.41, 5.74) is 4.83. The Kier molecular flexibility index (Phi) is 4.41. The zero-order chi connectivity index (χ0) is 15.6. The number of rotatable bonds is 1. The lowest BCUT2D eigenvalue weighted by Gasteiger charge is -2.22. The molecule has 1 fully saturated rings. The number of carbonyl (C=O) groups excluding carboxylic acids is 1. The van der Waals surface area contributed by atoms with Crippen LogP contribution in [-0.4, -0.2) is 48.9 Å². The molecular weight excluding hydrogens is 283 g/mol. The average Bonchev–Trinajstić information content (AvgIpc) is 2.62. The van der Waals surface area contributed by atoms with Crippen molar-refractivity contribution >= 4 is 11.6 Å². The van der Waals surface area contributed by atoms with E-state index < -0.39 is 17.6 Å². The molecule has 0 bridgehead atoms.